The average Bonchev–Trinajstić information content (AvgIpc) is 2.75. The summed E-state index contributed by atoms with van der Waals surface area (Å²) >= 11 is 1.94. The van der Waals surface area contributed by atoms with Crippen molar-refractivity contribution in [3.05, 3.63) is 0 Å². The lowest BCUT2D eigenvalue weighted by atomic mass is 10.1. The van der Waals surface area contributed by atoms with E-state index in [-0.39, 0.29) is 5.92 Å². The molecule has 0 aromatic rings. The first-order valence-electron chi connectivity index (χ1n) is 6.50. The lowest BCUT2D eigenvalue weighted by molar-refractivity contribution is 0.454. The number of rotatable bonds is 8. The monoisotopic (exact) mass is 240 g/mol. The largest absolute Gasteiger partial charge is 0.313 e. The first kappa shape index (κ1) is 13.9. The summed E-state index contributed by atoms with van der Waals surface area (Å²) in [7, 11) is 0. The maximum atomic E-state index is 8.94. The summed E-state index contributed by atoms with van der Waals surface area (Å²) in [6.07, 6.45) is 11.0. The molecule has 92 valence electrons. The molecule has 0 heterocycles. The Labute approximate surface area is 104 Å². The van der Waals surface area contributed by atoms with Gasteiger partial charge in [0, 0.05) is 6.04 Å². The summed E-state index contributed by atoms with van der Waals surface area (Å²) in [5, 5.41) is 12.5. The van der Waals surface area contributed by atoms with E-state index in [4.69, 9.17) is 5.26 Å². The molecule has 0 bridgehead atoms. The van der Waals surface area contributed by atoms with E-state index in [9.17, 15) is 0 Å². The van der Waals surface area contributed by atoms with Crippen molar-refractivity contribution < 1.29 is 0 Å². The van der Waals surface area contributed by atoms with E-state index >= 15 is 0 Å². The molecule has 0 aromatic carbocycles. The van der Waals surface area contributed by atoms with Crippen molar-refractivity contribution in [2.45, 2.75) is 51.0 Å². The van der Waals surface area contributed by atoms with E-state index in [1.807, 2.05) is 11.8 Å². The molecule has 0 saturated heterocycles. The first-order valence-corrected chi connectivity index (χ1v) is 7.90. The Morgan fingerprint density at radius 3 is 2.81 bits per heavy atom. The van der Waals surface area contributed by atoms with Gasteiger partial charge in [-0.25, -0.2) is 0 Å². The Hall–Kier alpha value is -0.200. The van der Waals surface area contributed by atoms with Gasteiger partial charge in [-0.3, -0.25) is 0 Å². The highest BCUT2D eigenvalue weighted by molar-refractivity contribution is 7.98. The number of nitrogens with zero attached hydrogens (tertiary/aromatic N) is 1. The number of thioether (sulfide) groups is 1. The van der Waals surface area contributed by atoms with E-state index in [1.54, 1.807) is 0 Å². The topological polar surface area (TPSA) is 35.8 Å². The maximum Gasteiger partial charge on any atom is 0.0672 e. The third-order valence-corrected chi connectivity index (χ3v) is 4.06. The number of unbranched alkanes of at least 4 members (excludes halogenated alkanes) is 3. The third kappa shape index (κ3) is 5.23. The highest BCUT2D eigenvalue weighted by Gasteiger charge is 2.25. The predicted molar refractivity (Wildman–Crippen MR) is 71.6 cm³/mol. The second kappa shape index (κ2) is 8.90. The molecule has 1 aliphatic rings. The quantitative estimate of drug-likeness (QED) is 0.662. The van der Waals surface area contributed by atoms with Crippen LogP contribution in [0.15, 0.2) is 0 Å². The molecule has 1 saturated carbocycles. The fourth-order valence-electron chi connectivity index (χ4n) is 2.37. The van der Waals surface area contributed by atoms with Gasteiger partial charge in [-0.05, 0) is 44.2 Å². The van der Waals surface area contributed by atoms with Crippen LogP contribution in [0.25, 0.3) is 0 Å². The number of nitrogens with one attached hydrogen (secondary N) is 1. The van der Waals surface area contributed by atoms with Crippen LogP contribution < -0.4 is 5.32 Å². The Morgan fingerprint density at radius 1 is 1.25 bits per heavy atom. The van der Waals surface area contributed by atoms with Crippen molar-refractivity contribution in [1.29, 1.82) is 5.26 Å². The summed E-state index contributed by atoms with van der Waals surface area (Å²) in [6, 6.07) is 2.90. The first-order chi connectivity index (χ1) is 7.88. The van der Waals surface area contributed by atoms with Gasteiger partial charge in [0.2, 0.25) is 0 Å². The molecule has 2 nitrogen and oxygen atoms in total. The summed E-state index contributed by atoms with van der Waals surface area (Å²) in [5.41, 5.74) is 0. The zero-order valence-corrected chi connectivity index (χ0v) is 11.2. The molecule has 0 spiro atoms. The normalized spacial score (nSPS) is 24.5. The van der Waals surface area contributed by atoms with Crippen LogP contribution in [0.5, 0.6) is 0 Å². The van der Waals surface area contributed by atoms with E-state index in [1.165, 1.54) is 44.3 Å². The fraction of sp³-hybridized carbons (Fsp3) is 0.923. The third-order valence-electron chi connectivity index (χ3n) is 3.36. The van der Waals surface area contributed by atoms with Crippen molar-refractivity contribution >= 4 is 11.8 Å². The van der Waals surface area contributed by atoms with Gasteiger partial charge in [0.05, 0.1) is 12.0 Å². The second-order valence-corrected chi connectivity index (χ2v) is 5.62. The smallest absolute Gasteiger partial charge is 0.0672 e. The van der Waals surface area contributed by atoms with Crippen LogP contribution >= 0.6 is 11.8 Å². The minimum absolute atomic E-state index is 0.275. The molecule has 0 radical (unpaired) electrons. The number of hydrogen-bond acceptors (Lipinski definition) is 3. The second-order valence-electron chi connectivity index (χ2n) is 4.63. The van der Waals surface area contributed by atoms with E-state index in [2.05, 4.69) is 17.6 Å². The average molecular weight is 240 g/mol. The van der Waals surface area contributed by atoms with Crippen LogP contribution in [-0.2, 0) is 0 Å². The van der Waals surface area contributed by atoms with Gasteiger partial charge >= 0.3 is 0 Å². The highest BCUT2D eigenvalue weighted by atomic mass is 32.2. The molecule has 16 heavy (non-hydrogen) atoms. The van der Waals surface area contributed by atoms with Gasteiger partial charge in [-0.2, -0.15) is 17.0 Å². The van der Waals surface area contributed by atoms with E-state index < -0.39 is 0 Å². The maximum absolute atomic E-state index is 8.94. The summed E-state index contributed by atoms with van der Waals surface area (Å²) in [6.45, 7) is 1.10. The lowest BCUT2D eigenvalue weighted by Gasteiger charge is -2.15. The molecule has 2 unspecified atom stereocenters. The zero-order valence-electron chi connectivity index (χ0n) is 10.4. The standard InChI is InChI=1S/C13H24N2S/c1-16-10-5-3-2-4-9-15-13-8-6-7-12(13)11-14/h12-13,15H,2-10H2,1H3. The predicted octanol–water partition coefficient (Wildman–Crippen LogP) is 3.19. The van der Waals surface area contributed by atoms with Crippen molar-refractivity contribution in [2.75, 3.05) is 18.6 Å². The molecule has 1 fully saturated rings. The van der Waals surface area contributed by atoms with Crippen molar-refractivity contribution in [1.82, 2.24) is 5.32 Å². The molecule has 1 rings (SSSR count). The molecule has 2 atom stereocenters. The summed E-state index contributed by atoms with van der Waals surface area (Å²) in [4.78, 5) is 0. The van der Waals surface area contributed by atoms with Crippen molar-refractivity contribution in [3.63, 3.8) is 0 Å². The highest BCUT2D eigenvalue weighted by Crippen LogP contribution is 2.24. The van der Waals surface area contributed by atoms with Gasteiger partial charge in [0.15, 0.2) is 0 Å². The molecule has 1 aliphatic carbocycles. The van der Waals surface area contributed by atoms with Crippen LogP contribution in [-0.4, -0.2) is 24.6 Å². The van der Waals surface area contributed by atoms with E-state index in [0.29, 0.717) is 6.04 Å². The van der Waals surface area contributed by atoms with Gasteiger partial charge < -0.3 is 5.32 Å². The Balaban J connectivity index is 1.93. The van der Waals surface area contributed by atoms with Crippen molar-refractivity contribution in [3.8, 4) is 6.07 Å². The Morgan fingerprint density at radius 2 is 2.06 bits per heavy atom. The van der Waals surface area contributed by atoms with Crippen LogP contribution in [0.2, 0.25) is 0 Å². The molecular formula is C13H24N2S. The zero-order chi connectivity index (χ0) is 11.6. The van der Waals surface area contributed by atoms with E-state index in [0.717, 1.165) is 13.0 Å². The minimum Gasteiger partial charge on any atom is -0.313 e. The number of nitriles is 1. The number of hydrogen-bond donors (Lipinski definition) is 1. The van der Waals surface area contributed by atoms with Crippen LogP contribution in [0.4, 0.5) is 0 Å². The summed E-state index contributed by atoms with van der Waals surface area (Å²) in [5.74, 6) is 1.57. The molecule has 0 aromatic heterocycles. The van der Waals surface area contributed by atoms with Crippen LogP contribution in [0.1, 0.15) is 44.9 Å². The Kier molecular flexibility index (Phi) is 7.71. The molecule has 0 amide bonds. The van der Waals surface area contributed by atoms with Gasteiger partial charge in [0.25, 0.3) is 0 Å². The van der Waals surface area contributed by atoms with Crippen LogP contribution in [0, 0.1) is 17.2 Å². The molecule has 0 aliphatic heterocycles. The molecular weight excluding hydrogens is 216 g/mol. The fourth-order valence-corrected chi connectivity index (χ4v) is 2.86. The van der Waals surface area contributed by atoms with Gasteiger partial charge in [-0.15, -0.1) is 0 Å². The summed E-state index contributed by atoms with van der Waals surface area (Å²) < 4.78 is 0. The van der Waals surface area contributed by atoms with Gasteiger partial charge in [-0.1, -0.05) is 19.3 Å². The molecule has 1 N–H and O–H groups in total. The SMILES string of the molecule is CSCCCCCCNC1CCCC1C#N. The van der Waals surface area contributed by atoms with Gasteiger partial charge in [0.1, 0.15) is 0 Å². The molecule has 3 heteroatoms. The Bertz CT molecular complexity index is 212. The minimum atomic E-state index is 0.275. The van der Waals surface area contributed by atoms with Crippen molar-refractivity contribution in [2.24, 2.45) is 5.92 Å². The van der Waals surface area contributed by atoms with Crippen LogP contribution in [0.3, 0.4) is 0 Å². The lowest BCUT2D eigenvalue weighted by Crippen LogP contribution is -2.32.